The van der Waals surface area contributed by atoms with Gasteiger partial charge in [-0.3, -0.25) is 0 Å². The van der Waals surface area contributed by atoms with Gasteiger partial charge in [-0.25, -0.2) is 9.79 Å². The molecule has 0 saturated carbocycles. The van der Waals surface area contributed by atoms with Gasteiger partial charge in [0.1, 0.15) is 12.4 Å². The molecule has 0 spiro atoms. The summed E-state index contributed by atoms with van der Waals surface area (Å²) in [6.45, 7) is 2.52. The molecule has 3 aromatic carbocycles. The van der Waals surface area contributed by atoms with E-state index in [2.05, 4.69) is 120 Å². The van der Waals surface area contributed by atoms with Crippen molar-refractivity contribution in [2.24, 2.45) is 4.99 Å². The van der Waals surface area contributed by atoms with Crippen molar-refractivity contribution in [3.05, 3.63) is 96.8 Å². The molecule has 32 heavy (non-hydrogen) atoms. The quantitative estimate of drug-likeness (QED) is 0.153. The maximum Gasteiger partial charge on any atom is 0.363 e. The summed E-state index contributed by atoms with van der Waals surface area (Å²) < 4.78 is 15.8. The summed E-state index contributed by atoms with van der Waals surface area (Å²) in [6.07, 6.45) is 1.75. The third-order valence-electron chi connectivity index (χ3n) is 4.65. The monoisotopic (exact) mass is 873 g/mol. The normalized spacial score (nSPS) is 14.5. The zero-order valence-corrected chi connectivity index (χ0v) is 25.3. The molecule has 0 aromatic heterocycles. The number of cyclic esters (lactones) is 1. The van der Waals surface area contributed by atoms with Crippen molar-refractivity contribution in [1.29, 1.82) is 0 Å². The van der Waals surface area contributed by atoms with E-state index in [-0.39, 0.29) is 5.70 Å². The number of aliphatic imine (C=N–C) groups is 1. The molecule has 4 rings (SSSR count). The molecule has 3 aromatic rings. The number of nitrogens with zero attached hydrogens (tertiary/aromatic N) is 1. The number of benzene rings is 3. The van der Waals surface area contributed by atoms with E-state index in [1.54, 1.807) is 6.08 Å². The molecular weight excluding hydrogens is 858 g/mol. The summed E-state index contributed by atoms with van der Waals surface area (Å²) in [6, 6.07) is 18.1. The largest absolute Gasteiger partial charge is 0.487 e. The molecule has 0 N–H and O–H groups in total. The molecule has 4 nitrogen and oxygen atoms in total. The highest BCUT2D eigenvalue weighted by atomic mass is 127. The van der Waals surface area contributed by atoms with Crippen LogP contribution in [0.3, 0.4) is 0 Å². The third kappa shape index (κ3) is 5.84. The van der Waals surface area contributed by atoms with E-state index in [1.165, 1.54) is 3.57 Å². The minimum absolute atomic E-state index is 0.287. The fourth-order valence-corrected chi connectivity index (χ4v) is 5.83. The van der Waals surface area contributed by atoms with Gasteiger partial charge in [-0.15, -0.1) is 0 Å². The SMILES string of the molecule is Cc1cc(C2=N/C(=C\c3cc(I)c(OCc4ccc(I)cc4)c(I)c3)C(=O)O2)ccc1I. The minimum Gasteiger partial charge on any atom is -0.487 e. The summed E-state index contributed by atoms with van der Waals surface area (Å²) in [5.41, 5.74) is 4.18. The summed E-state index contributed by atoms with van der Waals surface area (Å²) in [7, 11) is 0. The van der Waals surface area contributed by atoms with E-state index in [0.717, 1.165) is 38.7 Å². The number of hydrogen-bond acceptors (Lipinski definition) is 4. The molecule has 0 bridgehead atoms. The molecule has 162 valence electrons. The fraction of sp³-hybridized carbons (Fsp3) is 0.0833. The number of carbonyl (C=O) groups is 1. The predicted octanol–water partition coefficient (Wildman–Crippen LogP) is 7.34. The van der Waals surface area contributed by atoms with Gasteiger partial charge in [-0.1, -0.05) is 12.1 Å². The number of aryl methyl sites for hydroxylation is 1. The van der Waals surface area contributed by atoms with Gasteiger partial charge >= 0.3 is 5.97 Å². The molecule has 1 aliphatic rings. The van der Waals surface area contributed by atoms with E-state index in [9.17, 15) is 4.79 Å². The molecule has 1 aliphatic heterocycles. The molecule has 0 atom stereocenters. The first-order chi connectivity index (χ1) is 15.3. The number of carbonyl (C=O) groups excluding carboxylic acids is 1. The smallest absolute Gasteiger partial charge is 0.363 e. The Bertz CT molecular complexity index is 1240. The first-order valence-electron chi connectivity index (χ1n) is 9.45. The van der Waals surface area contributed by atoms with Crippen LogP contribution in [0.1, 0.15) is 22.3 Å². The molecule has 0 fully saturated rings. The topological polar surface area (TPSA) is 47.9 Å². The zero-order chi connectivity index (χ0) is 22.8. The Balaban J connectivity index is 1.55. The van der Waals surface area contributed by atoms with Crippen LogP contribution in [-0.2, 0) is 16.1 Å². The van der Waals surface area contributed by atoms with Crippen LogP contribution in [0.4, 0.5) is 0 Å². The van der Waals surface area contributed by atoms with Gasteiger partial charge in [-0.2, -0.15) is 0 Å². The van der Waals surface area contributed by atoms with Crippen molar-refractivity contribution < 1.29 is 14.3 Å². The van der Waals surface area contributed by atoms with Crippen molar-refractivity contribution in [3.63, 3.8) is 0 Å². The molecule has 0 saturated heterocycles. The highest BCUT2D eigenvalue weighted by Gasteiger charge is 2.24. The van der Waals surface area contributed by atoms with Crippen LogP contribution in [0.15, 0.2) is 65.3 Å². The molecular formula is C24H15I4NO3. The number of hydrogen-bond donors (Lipinski definition) is 0. The maximum absolute atomic E-state index is 12.4. The molecule has 0 amide bonds. The molecule has 0 unspecified atom stereocenters. The number of esters is 1. The van der Waals surface area contributed by atoms with Gasteiger partial charge in [0.15, 0.2) is 5.70 Å². The van der Waals surface area contributed by atoms with Gasteiger partial charge in [0, 0.05) is 12.7 Å². The predicted molar refractivity (Wildman–Crippen MR) is 160 cm³/mol. The van der Waals surface area contributed by atoms with E-state index in [0.29, 0.717) is 12.5 Å². The number of rotatable bonds is 5. The summed E-state index contributed by atoms with van der Waals surface area (Å²) in [5, 5.41) is 0. The average Bonchev–Trinajstić information content (AvgIpc) is 3.11. The summed E-state index contributed by atoms with van der Waals surface area (Å²) in [4.78, 5) is 16.8. The van der Waals surface area contributed by atoms with Crippen LogP contribution < -0.4 is 4.74 Å². The van der Waals surface area contributed by atoms with Gasteiger partial charge in [0.05, 0.1) is 7.14 Å². The Morgan fingerprint density at radius 2 is 1.62 bits per heavy atom. The second-order valence-corrected chi connectivity index (χ2v) is 11.8. The van der Waals surface area contributed by atoms with E-state index in [1.807, 2.05) is 37.3 Å². The Morgan fingerprint density at radius 1 is 0.938 bits per heavy atom. The Morgan fingerprint density at radius 3 is 2.28 bits per heavy atom. The number of halogens is 4. The zero-order valence-electron chi connectivity index (χ0n) is 16.7. The first kappa shape index (κ1) is 24.4. The van der Waals surface area contributed by atoms with E-state index in [4.69, 9.17) is 9.47 Å². The van der Waals surface area contributed by atoms with Crippen LogP contribution in [0, 0.1) is 21.2 Å². The number of ether oxygens (including phenoxy) is 2. The molecule has 8 heteroatoms. The van der Waals surface area contributed by atoms with Gasteiger partial charge in [0.2, 0.25) is 5.90 Å². The summed E-state index contributed by atoms with van der Waals surface area (Å²) in [5.74, 6) is 0.724. The average molecular weight is 873 g/mol. The van der Waals surface area contributed by atoms with Crippen LogP contribution >= 0.6 is 90.4 Å². The van der Waals surface area contributed by atoms with E-state index < -0.39 is 5.97 Å². The lowest BCUT2D eigenvalue weighted by molar-refractivity contribution is -0.129. The van der Waals surface area contributed by atoms with Crippen molar-refractivity contribution in [3.8, 4) is 5.75 Å². The van der Waals surface area contributed by atoms with Crippen LogP contribution in [-0.4, -0.2) is 11.9 Å². The van der Waals surface area contributed by atoms with Crippen LogP contribution in [0.2, 0.25) is 0 Å². The Labute approximate surface area is 240 Å². The molecule has 1 heterocycles. The lowest BCUT2D eigenvalue weighted by Gasteiger charge is -2.11. The Kier molecular flexibility index (Phi) is 8.14. The van der Waals surface area contributed by atoms with Crippen molar-refractivity contribution in [2.45, 2.75) is 13.5 Å². The second-order valence-electron chi connectivity index (χ2n) is 7.03. The van der Waals surface area contributed by atoms with Gasteiger partial charge < -0.3 is 9.47 Å². The van der Waals surface area contributed by atoms with Crippen LogP contribution in [0.25, 0.3) is 6.08 Å². The maximum atomic E-state index is 12.4. The standard InChI is InChI=1S/C24H15I4NO3/c1-13-8-16(4-7-18(13)26)23-29-21(24(30)32-23)11-15-9-19(27)22(20(28)10-15)31-12-14-2-5-17(25)6-3-14/h2-11H,12H2,1H3/b21-11-. The third-order valence-corrected chi connectivity index (χ3v) is 8.18. The minimum atomic E-state index is -0.444. The molecule has 0 aliphatic carbocycles. The lowest BCUT2D eigenvalue weighted by Crippen LogP contribution is -2.05. The van der Waals surface area contributed by atoms with Crippen molar-refractivity contribution in [1.82, 2.24) is 0 Å². The highest BCUT2D eigenvalue weighted by Crippen LogP contribution is 2.31. The van der Waals surface area contributed by atoms with Crippen LogP contribution in [0.5, 0.6) is 5.75 Å². The van der Waals surface area contributed by atoms with E-state index >= 15 is 0 Å². The van der Waals surface area contributed by atoms with Gasteiger partial charge in [-0.05, 0) is 163 Å². The van der Waals surface area contributed by atoms with Crippen molar-refractivity contribution >= 4 is 108 Å². The van der Waals surface area contributed by atoms with Crippen molar-refractivity contribution in [2.75, 3.05) is 0 Å². The Hall–Kier alpha value is -0.740. The lowest BCUT2D eigenvalue weighted by atomic mass is 10.1. The fourth-order valence-electron chi connectivity index (χ4n) is 3.01. The first-order valence-corrected chi connectivity index (χ1v) is 13.8. The molecule has 0 radical (unpaired) electrons. The summed E-state index contributed by atoms with van der Waals surface area (Å²) >= 11 is 9.08. The highest BCUT2D eigenvalue weighted by molar-refractivity contribution is 14.1. The second kappa shape index (κ2) is 10.7. The van der Waals surface area contributed by atoms with Gasteiger partial charge in [0.25, 0.3) is 0 Å².